The van der Waals surface area contributed by atoms with Gasteiger partial charge in [0.05, 0.1) is 25.2 Å². The quantitative estimate of drug-likeness (QED) is 0.279. The molecule has 0 fully saturated rings. The number of aryl methyl sites for hydroxylation is 2. The summed E-state index contributed by atoms with van der Waals surface area (Å²) in [5, 5.41) is 22.0. The number of aromatic nitrogens is 6. The van der Waals surface area contributed by atoms with Gasteiger partial charge in [0.15, 0.2) is 5.69 Å². The zero-order chi connectivity index (χ0) is 32.8. The Morgan fingerprint density at radius 3 is 2.59 bits per heavy atom. The van der Waals surface area contributed by atoms with Crippen LogP contribution in [0.2, 0.25) is 0 Å². The van der Waals surface area contributed by atoms with Crippen molar-refractivity contribution in [2.45, 2.75) is 65.2 Å². The molecule has 1 aliphatic heterocycles. The van der Waals surface area contributed by atoms with Crippen LogP contribution in [0.5, 0.6) is 0 Å². The van der Waals surface area contributed by atoms with Crippen molar-refractivity contribution in [3.63, 3.8) is 0 Å². The Morgan fingerprint density at radius 1 is 1.09 bits per heavy atom. The molecule has 5 rings (SSSR count). The average Bonchev–Trinajstić information content (AvgIpc) is 3.80. The summed E-state index contributed by atoms with van der Waals surface area (Å²) in [4.78, 5) is 64.3. The van der Waals surface area contributed by atoms with Crippen LogP contribution in [0, 0.1) is 12.8 Å². The van der Waals surface area contributed by atoms with E-state index >= 15 is 0 Å². The molecule has 0 saturated heterocycles. The topological polar surface area (TPSA) is 190 Å². The van der Waals surface area contributed by atoms with Crippen molar-refractivity contribution in [2.75, 3.05) is 13.1 Å². The minimum absolute atomic E-state index is 0.0165. The molecule has 4 bridgehead atoms. The third-order valence-electron chi connectivity index (χ3n) is 7.48. The largest absolute Gasteiger partial charge is 0.443 e. The van der Waals surface area contributed by atoms with E-state index in [9.17, 15) is 19.2 Å². The number of carbonyl (C=O) groups excluding carboxylic acids is 4. The van der Waals surface area contributed by atoms with E-state index in [0.717, 1.165) is 5.56 Å². The van der Waals surface area contributed by atoms with Crippen molar-refractivity contribution in [3.05, 3.63) is 75.6 Å². The molecule has 0 radical (unpaired) electrons. The number of tetrazole rings is 1. The van der Waals surface area contributed by atoms with Crippen molar-refractivity contribution < 1.29 is 23.6 Å². The lowest BCUT2D eigenvalue weighted by atomic mass is 10.0. The number of nitrogens with zero attached hydrogens (tertiary/aromatic N) is 7. The van der Waals surface area contributed by atoms with Crippen LogP contribution < -0.4 is 16.0 Å². The first-order valence-corrected chi connectivity index (χ1v) is 15.8. The molecule has 46 heavy (non-hydrogen) atoms. The first-order valence-electron chi connectivity index (χ1n) is 14.9. The number of fused-ring (bicyclic) bond motifs is 4. The minimum Gasteiger partial charge on any atom is -0.443 e. The lowest BCUT2D eigenvalue weighted by Crippen LogP contribution is -2.50. The summed E-state index contributed by atoms with van der Waals surface area (Å²) >= 11 is 1.24. The highest BCUT2D eigenvalue weighted by Gasteiger charge is 2.30. The fraction of sp³-hybridized carbons (Fsp3) is 0.433. The Bertz CT molecular complexity index is 1670. The van der Waals surface area contributed by atoms with Crippen molar-refractivity contribution in [1.29, 1.82) is 0 Å². The summed E-state index contributed by atoms with van der Waals surface area (Å²) in [5.74, 6) is -1.39. The van der Waals surface area contributed by atoms with Crippen molar-refractivity contribution in [3.8, 4) is 0 Å². The molecule has 4 heterocycles. The molecule has 1 aliphatic rings. The van der Waals surface area contributed by atoms with Crippen molar-refractivity contribution >= 4 is 35.0 Å². The van der Waals surface area contributed by atoms with Crippen LogP contribution in [-0.2, 0) is 22.6 Å². The van der Waals surface area contributed by atoms with Gasteiger partial charge in [-0.25, -0.2) is 14.6 Å². The van der Waals surface area contributed by atoms with E-state index in [-0.39, 0.29) is 55.2 Å². The summed E-state index contributed by atoms with van der Waals surface area (Å²) in [6.07, 6.45) is 1.81. The summed E-state index contributed by atoms with van der Waals surface area (Å²) in [6, 6.07) is 7.77. The Labute approximate surface area is 269 Å². The van der Waals surface area contributed by atoms with Gasteiger partial charge in [-0.3, -0.25) is 19.2 Å². The molecule has 4 aromatic rings. The minimum atomic E-state index is -0.677. The smallest absolute Gasteiger partial charge is 0.274 e. The number of oxazole rings is 1. The summed E-state index contributed by atoms with van der Waals surface area (Å²) < 4.78 is 7.31. The van der Waals surface area contributed by atoms with E-state index in [1.807, 2.05) is 44.2 Å². The summed E-state index contributed by atoms with van der Waals surface area (Å²) in [7, 11) is 0. The van der Waals surface area contributed by atoms with E-state index in [0.29, 0.717) is 17.2 Å². The van der Waals surface area contributed by atoms with Gasteiger partial charge < -0.3 is 25.3 Å². The van der Waals surface area contributed by atoms with Crippen LogP contribution in [0.4, 0.5) is 0 Å². The molecule has 0 saturated carbocycles. The molecule has 242 valence electrons. The number of benzene rings is 1. The number of hydrogen-bond acceptors (Lipinski definition) is 11. The van der Waals surface area contributed by atoms with Crippen LogP contribution in [-0.4, -0.2) is 77.8 Å². The van der Waals surface area contributed by atoms with E-state index in [1.54, 1.807) is 19.2 Å². The number of nitrogens with one attached hydrogen (secondary N) is 3. The van der Waals surface area contributed by atoms with Gasteiger partial charge in [-0.2, -0.15) is 0 Å². The number of carbonyl (C=O) groups is 4. The van der Waals surface area contributed by atoms with E-state index in [4.69, 9.17) is 4.42 Å². The zero-order valence-corrected chi connectivity index (χ0v) is 26.8. The fourth-order valence-corrected chi connectivity index (χ4v) is 5.88. The molecule has 3 aromatic heterocycles. The normalized spacial score (nSPS) is 19.6. The van der Waals surface area contributed by atoms with Gasteiger partial charge in [0.25, 0.3) is 11.8 Å². The first kappa shape index (κ1) is 32.4. The van der Waals surface area contributed by atoms with Crippen LogP contribution in [0.1, 0.15) is 82.5 Å². The first-order chi connectivity index (χ1) is 22.1. The van der Waals surface area contributed by atoms with Gasteiger partial charge in [0.2, 0.25) is 17.7 Å². The molecular weight excluding hydrogens is 612 g/mol. The molecular formula is C30H36N10O5S. The van der Waals surface area contributed by atoms with Crippen molar-refractivity contribution in [2.24, 2.45) is 5.92 Å². The SMILES string of the molecule is Cc1oc2nc1C(=O)N[C@H](C)c1nc(cs1)C(=O)N[C@H](Cc1ccccc1)CN(C(=O)CCn1cnnn1)CC(=O)N[C@H]2C(C)C. The standard InChI is InChI=1S/C30H36N10O5S/c1-17(2)25-29-36-26(19(4)45-29)28(44)32-18(3)30-34-22(15-46-30)27(43)33-21(12-20-8-6-5-7-9-20)13-39(14-23(41)35-25)24(42)10-11-40-16-31-37-38-40/h5-9,15-18,21,25H,10-14H2,1-4H3,(H,32,44)(H,33,43)(H,35,41)/t18-,21-,25+/m1/s1. The Kier molecular flexibility index (Phi) is 10.1. The molecule has 3 atom stereocenters. The molecule has 3 N–H and O–H groups in total. The molecule has 1 aromatic carbocycles. The average molecular weight is 649 g/mol. The molecule has 0 spiro atoms. The monoisotopic (exact) mass is 648 g/mol. The number of rotatable bonds is 6. The van der Waals surface area contributed by atoms with Gasteiger partial charge in [-0.1, -0.05) is 44.2 Å². The molecule has 0 aliphatic carbocycles. The highest BCUT2D eigenvalue weighted by Crippen LogP contribution is 2.25. The van der Waals surface area contributed by atoms with Gasteiger partial charge in [-0.05, 0) is 42.2 Å². The van der Waals surface area contributed by atoms with Crippen LogP contribution in [0.3, 0.4) is 0 Å². The van der Waals surface area contributed by atoms with E-state index < -0.39 is 35.8 Å². The molecule has 4 amide bonds. The lowest BCUT2D eigenvalue weighted by Gasteiger charge is -2.29. The van der Waals surface area contributed by atoms with Gasteiger partial charge in [-0.15, -0.1) is 16.4 Å². The third kappa shape index (κ3) is 7.99. The van der Waals surface area contributed by atoms with E-state index in [1.165, 1.54) is 27.2 Å². The Morgan fingerprint density at radius 2 is 1.87 bits per heavy atom. The highest BCUT2D eigenvalue weighted by molar-refractivity contribution is 7.09. The molecule has 0 unspecified atom stereocenters. The number of hydrogen-bond donors (Lipinski definition) is 3. The second kappa shape index (κ2) is 14.4. The Hall–Kier alpha value is -4.99. The van der Waals surface area contributed by atoms with Crippen molar-refractivity contribution in [1.82, 2.24) is 51.0 Å². The van der Waals surface area contributed by atoms with Gasteiger partial charge >= 0.3 is 0 Å². The highest BCUT2D eigenvalue weighted by atomic mass is 32.1. The zero-order valence-electron chi connectivity index (χ0n) is 26.0. The second-order valence-electron chi connectivity index (χ2n) is 11.5. The predicted octanol–water partition coefficient (Wildman–Crippen LogP) is 2.00. The fourth-order valence-electron chi connectivity index (χ4n) is 5.07. The summed E-state index contributed by atoms with van der Waals surface area (Å²) in [6.45, 7) is 7.11. The lowest BCUT2D eigenvalue weighted by molar-refractivity contribution is -0.137. The molecule has 15 nitrogen and oxygen atoms in total. The van der Waals surface area contributed by atoms with Gasteiger partial charge in [0, 0.05) is 18.3 Å². The maximum absolute atomic E-state index is 13.6. The summed E-state index contributed by atoms with van der Waals surface area (Å²) in [5.41, 5.74) is 1.19. The van der Waals surface area contributed by atoms with Gasteiger partial charge in [0.1, 0.15) is 28.8 Å². The van der Waals surface area contributed by atoms with Crippen LogP contribution >= 0.6 is 11.3 Å². The second-order valence-corrected chi connectivity index (χ2v) is 12.4. The maximum Gasteiger partial charge on any atom is 0.274 e. The third-order valence-corrected chi connectivity index (χ3v) is 8.51. The Balaban J connectivity index is 1.50. The number of amides is 4. The van der Waals surface area contributed by atoms with Crippen LogP contribution in [0.15, 0.2) is 46.5 Å². The predicted molar refractivity (Wildman–Crippen MR) is 165 cm³/mol. The molecule has 16 heteroatoms. The number of thiazole rings is 1. The van der Waals surface area contributed by atoms with Crippen LogP contribution in [0.25, 0.3) is 0 Å². The maximum atomic E-state index is 13.6. The van der Waals surface area contributed by atoms with E-state index in [2.05, 4.69) is 41.4 Å².